The molecule has 0 aliphatic carbocycles. The topological polar surface area (TPSA) is 78.4 Å². The summed E-state index contributed by atoms with van der Waals surface area (Å²) in [5.41, 5.74) is -0.821. The van der Waals surface area contributed by atoms with E-state index < -0.39 is 5.60 Å². The molecule has 1 aromatic rings. The number of hydrogen-bond acceptors (Lipinski definition) is 5. The van der Waals surface area contributed by atoms with Gasteiger partial charge in [-0.15, -0.1) is 0 Å². The van der Waals surface area contributed by atoms with Gasteiger partial charge in [-0.3, -0.25) is 15.0 Å². The zero-order valence-corrected chi connectivity index (χ0v) is 10.3. The highest BCUT2D eigenvalue weighted by atomic mass is 16.3. The van der Waals surface area contributed by atoms with Crippen LogP contribution < -0.4 is 5.32 Å². The third-order valence-electron chi connectivity index (χ3n) is 1.89. The summed E-state index contributed by atoms with van der Waals surface area (Å²) < 4.78 is 0. The summed E-state index contributed by atoms with van der Waals surface area (Å²) in [6.45, 7) is 3.99. The molecule has 1 amide bonds. The number of nitrogens with one attached hydrogen (secondary N) is 1. The molecule has 17 heavy (non-hydrogen) atoms. The average molecular weight is 238 g/mol. The van der Waals surface area contributed by atoms with E-state index in [0.717, 1.165) is 0 Å². The zero-order chi connectivity index (χ0) is 12.9. The molecule has 6 heteroatoms. The second kappa shape index (κ2) is 5.70. The van der Waals surface area contributed by atoms with Gasteiger partial charge < -0.3 is 5.11 Å². The van der Waals surface area contributed by atoms with Gasteiger partial charge in [0.2, 0.25) is 11.9 Å². The van der Waals surface area contributed by atoms with Crippen LogP contribution in [0.5, 0.6) is 0 Å². The van der Waals surface area contributed by atoms with Gasteiger partial charge in [0.15, 0.2) is 0 Å². The maximum atomic E-state index is 11.6. The van der Waals surface area contributed by atoms with E-state index >= 15 is 0 Å². The highest BCUT2D eigenvalue weighted by molar-refractivity contribution is 5.90. The molecule has 2 N–H and O–H groups in total. The minimum absolute atomic E-state index is 0.183. The van der Waals surface area contributed by atoms with E-state index in [2.05, 4.69) is 15.3 Å². The molecular formula is C11H18N4O2. The summed E-state index contributed by atoms with van der Waals surface area (Å²) in [5, 5.41) is 12.2. The lowest BCUT2D eigenvalue weighted by molar-refractivity contribution is -0.117. The number of aromatic nitrogens is 2. The van der Waals surface area contributed by atoms with E-state index in [1.54, 1.807) is 44.3 Å². The van der Waals surface area contributed by atoms with Gasteiger partial charge in [-0.05, 0) is 27.0 Å². The van der Waals surface area contributed by atoms with Crippen molar-refractivity contribution in [3.8, 4) is 0 Å². The third kappa shape index (κ3) is 5.94. The number of rotatable bonds is 5. The molecule has 1 aromatic heterocycles. The van der Waals surface area contributed by atoms with Crippen molar-refractivity contribution in [2.75, 3.05) is 25.5 Å². The Morgan fingerprint density at radius 1 is 1.47 bits per heavy atom. The number of anilines is 1. The smallest absolute Gasteiger partial charge is 0.240 e. The van der Waals surface area contributed by atoms with Gasteiger partial charge in [0.1, 0.15) is 0 Å². The van der Waals surface area contributed by atoms with E-state index in [1.807, 2.05) is 0 Å². The van der Waals surface area contributed by atoms with Crippen LogP contribution in [0.2, 0.25) is 0 Å². The normalized spacial score (nSPS) is 11.6. The van der Waals surface area contributed by atoms with Crippen molar-refractivity contribution in [1.82, 2.24) is 14.9 Å². The van der Waals surface area contributed by atoms with Crippen LogP contribution in [0, 0.1) is 0 Å². The van der Waals surface area contributed by atoms with Crippen LogP contribution >= 0.6 is 0 Å². The number of likely N-dealkylation sites (N-methyl/N-ethyl adjacent to an activating group) is 1. The second-order valence-corrected chi connectivity index (χ2v) is 4.61. The molecule has 0 fully saturated rings. The Labute approximate surface area is 101 Å². The molecule has 1 heterocycles. The van der Waals surface area contributed by atoms with Crippen molar-refractivity contribution >= 4 is 11.9 Å². The largest absolute Gasteiger partial charge is 0.389 e. The Morgan fingerprint density at radius 2 is 2.06 bits per heavy atom. The van der Waals surface area contributed by atoms with Crippen LogP contribution in [-0.4, -0.2) is 51.6 Å². The Kier molecular flexibility index (Phi) is 4.53. The Balaban J connectivity index is 2.40. The van der Waals surface area contributed by atoms with Gasteiger partial charge in [-0.2, -0.15) is 0 Å². The van der Waals surface area contributed by atoms with Gasteiger partial charge in [-0.25, -0.2) is 9.97 Å². The minimum atomic E-state index is -0.821. The predicted molar refractivity (Wildman–Crippen MR) is 64.5 cm³/mol. The maximum Gasteiger partial charge on any atom is 0.240 e. The molecule has 6 nitrogen and oxygen atoms in total. The molecule has 1 rings (SSSR count). The molecule has 0 atom stereocenters. The van der Waals surface area contributed by atoms with Gasteiger partial charge in [0.05, 0.1) is 12.1 Å². The Hall–Kier alpha value is -1.53. The van der Waals surface area contributed by atoms with Crippen molar-refractivity contribution in [3.63, 3.8) is 0 Å². The average Bonchev–Trinajstić information content (AvgIpc) is 2.15. The monoisotopic (exact) mass is 238 g/mol. The van der Waals surface area contributed by atoms with Crippen LogP contribution in [0.1, 0.15) is 13.8 Å². The lowest BCUT2D eigenvalue weighted by Crippen LogP contribution is -2.40. The van der Waals surface area contributed by atoms with Crippen molar-refractivity contribution in [2.45, 2.75) is 19.4 Å². The summed E-state index contributed by atoms with van der Waals surface area (Å²) >= 11 is 0. The standard InChI is InChI=1S/C11H18N4O2/c1-11(2,17)8-15(3)7-9(16)14-10-12-5-4-6-13-10/h4-6,17H,7-8H2,1-3H3,(H,12,13,14,16). The van der Waals surface area contributed by atoms with Crippen molar-refractivity contribution in [3.05, 3.63) is 18.5 Å². The SMILES string of the molecule is CN(CC(=O)Nc1ncccn1)CC(C)(C)O. The number of carbonyl (C=O) groups excluding carboxylic acids is 1. The predicted octanol–water partition coefficient (Wildman–Crippen LogP) is 0.118. The first-order chi connectivity index (χ1) is 7.87. The molecule has 0 saturated carbocycles. The van der Waals surface area contributed by atoms with Crippen LogP contribution in [-0.2, 0) is 4.79 Å². The quantitative estimate of drug-likeness (QED) is 0.761. The summed E-state index contributed by atoms with van der Waals surface area (Å²) in [6, 6.07) is 1.68. The summed E-state index contributed by atoms with van der Waals surface area (Å²) in [4.78, 5) is 21.1. The number of aliphatic hydroxyl groups is 1. The van der Waals surface area contributed by atoms with Crippen LogP contribution in [0.25, 0.3) is 0 Å². The lowest BCUT2D eigenvalue weighted by Gasteiger charge is -2.24. The fraction of sp³-hybridized carbons (Fsp3) is 0.545. The van der Waals surface area contributed by atoms with Crippen LogP contribution in [0.15, 0.2) is 18.5 Å². The van der Waals surface area contributed by atoms with E-state index in [9.17, 15) is 9.90 Å². The molecule has 0 aromatic carbocycles. The molecule has 0 aliphatic heterocycles. The Bertz CT molecular complexity index is 361. The molecule has 0 radical (unpaired) electrons. The molecule has 0 saturated heterocycles. The van der Waals surface area contributed by atoms with Crippen molar-refractivity contribution < 1.29 is 9.90 Å². The maximum absolute atomic E-state index is 11.6. The van der Waals surface area contributed by atoms with Crippen molar-refractivity contribution in [2.24, 2.45) is 0 Å². The van der Waals surface area contributed by atoms with E-state index in [4.69, 9.17) is 0 Å². The molecule has 0 spiro atoms. The van der Waals surface area contributed by atoms with Gasteiger partial charge in [-0.1, -0.05) is 0 Å². The minimum Gasteiger partial charge on any atom is -0.389 e. The first-order valence-corrected chi connectivity index (χ1v) is 5.34. The van der Waals surface area contributed by atoms with E-state index in [0.29, 0.717) is 6.54 Å². The van der Waals surface area contributed by atoms with Crippen LogP contribution in [0.3, 0.4) is 0 Å². The molecular weight excluding hydrogens is 220 g/mol. The van der Waals surface area contributed by atoms with Crippen LogP contribution in [0.4, 0.5) is 5.95 Å². The lowest BCUT2D eigenvalue weighted by atomic mass is 10.1. The Morgan fingerprint density at radius 3 is 2.59 bits per heavy atom. The van der Waals surface area contributed by atoms with Crippen molar-refractivity contribution in [1.29, 1.82) is 0 Å². The first kappa shape index (κ1) is 13.5. The number of nitrogens with zero attached hydrogens (tertiary/aromatic N) is 3. The zero-order valence-electron chi connectivity index (χ0n) is 10.3. The highest BCUT2D eigenvalue weighted by Crippen LogP contribution is 2.03. The molecule has 0 unspecified atom stereocenters. The van der Waals surface area contributed by atoms with Gasteiger partial charge in [0, 0.05) is 18.9 Å². The van der Waals surface area contributed by atoms with E-state index in [1.165, 1.54) is 0 Å². The van der Waals surface area contributed by atoms with Gasteiger partial charge in [0.25, 0.3) is 0 Å². The highest BCUT2D eigenvalue weighted by Gasteiger charge is 2.17. The third-order valence-corrected chi connectivity index (χ3v) is 1.89. The fourth-order valence-corrected chi connectivity index (χ4v) is 1.49. The summed E-state index contributed by atoms with van der Waals surface area (Å²) in [6.07, 6.45) is 3.12. The molecule has 0 bridgehead atoms. The summed E-state index contributed by atoms with van der Waals surface area (Å²) in [7, 11) is 1.77. The van der Waals surface area contributed by atoms with E-state index in [-0.39, 0.29) is 18.4 Å². The fourth-order valence-electron chi connectivity index (χ4n) is 1.49. The number of amides is 1. The number of hydrogen-bond donors (Lipinski definition) is 2. The second-order valence-electron chi connectivity index (χ2n) is 4.61. The van der Waals surface area contributed by atoms with Gasteiger partial charge >= 0.3 is 0 Å². The molecule has 0 aliphatic rings. The number of carbonyl (C=O) groups is 1. The first-order valence-electron chi connectivity index (χ1n) is 5.34. The summed E-state index contributed by atoms with van der Waals surface area (Å²) in [5.74, 6) is 0.0807. The molecule has 94 valence electrons.